The highest BCUT2D eigenvalue weighted by molar-refractivity contribution is 5.78. The largest absolute Gasteiger partial charge is 0.391 e. The number of allylic oxidation sites excluding steroid dienone is 4. The average Bonchev–Trinajstić information content (AvgIpc) is 3.22. The van der Waals surface area contributed by atoms with Crippen LogP contribution < -0.4 is 5.32 Å². The molecular weight excluding hydrogens is 711 g/mol. The van der Waals surface area contributed by atoms with Gasteiger partial charge in [-0.25, -0.2) is 0 Å². The molecule has 2 N–H and O–H groups in total. The van der Waals surface area contributed by atoms with E-state index in [9.17, 15) is 14.7 Å². The molecule has 1 atom stereocenters. The molecule has 58 heavy (non-hydrogen) atoms. The van der Waals surface area contributed by atoms with E-state index in [1.54, 1.807) is 0 Å². The quantitative estimate of drug-likeness (QED) is 0.0475. The van der Waals surface area contributed by atoms with E-state index < -0.39 is 6.10 Å². The number of carbonyl (C=O) groups is 2. The molecule has 0 aromatic rings. The molecule has 0 fully saturated rings. The van der Waals surface area contributed by atoms with Crippen molar-refractivity contribution in [2.45, 2.75) is 302 Å². The van der Waals surface area contributed by atoms with Gasteiger partial charge in [-0.05, 0) is 57.8 Å². The summed E-state index contributed by atoms with van der Waals surface area (Å²) in [5, 5.41) is 13.2. The lowest BCUT2D eigenvalue weighted by molar-refractivity contribution is -0.121. The third-order valence-electron chi connectivity index (χ3n) is 12.2. The van der Waals surface area contributed by atoms with Crippen LogP contribution >= 0.6 is 0 Å². The van der Waals surface area contributed by atoms with E-state index >= 15 is 0 Å². The molecule has 4 heteroatoms. The van der Waals surface area contributed by atoms with Gasteiger partial charge in [-0.2, -0.15) is 0 Å². The zero-order valence-electron chi connectivity index (χ0n) is 39.5. The molecule has 0 aliphatic heterocycles. The predicted molar refractivity (Wildman–Crippen MR) is 257 cm³/mol. The molecule has 0 aromatic heterocycles. The molecule has 0 saturated carbocycles. The van der Waals surface area contributed by atoms with Gasteiger partial charge in [0.15, 0.2) is 0 Å². The highest BCUT2D eigenvalue weighted by atomic mass is 16.3. The highest BCUT2D eigenvalue weighted by Gasteiger charge is 2.07. The lowest BCUT2D eigenvalue weighted by Gasteiger charge is -2.12. The summed E-state index contributed by atoms with van der Waals surface area (Å²) in [5.74, 6) is 0.588. The molecule has 0 heterocycles. The van der Waals surface area contributed by atoms with Crippen LogP contribution in [-0.4, -0.2) is 29.4 Å². The number of hydrogen-bond donors (Lipinski definition) is 2. The maximum absolute atomic E-state index is 12.2. The summed E-state index contributed by atoms with van der Waals surface area (Å²) < 4.78 is 0. The Morgan fingerprint density at radius 2 is 0.707 bits per heavy atom. The number of carbonyl (C=O) groups excluding carboxylic acids is 2. The van der Waals surface area contributed by atoms with Crippen molar-refractivity contribution < 1.29 is 14.7 Å². The molecule has 0 spiro atoms. The van der Waals surface area contributed by atoms with Gasteiger partial charge in [0.1, 0.15) is 5.78 Å². The Kier molecular flexibility index (Phi) is 48.7. The van der Waals surface area contributed by atoms with Gasteiger partial charge < -0.3 is 10.4 Å². The second-order valence-electron chi connectivity index (χ2n) is 18.2. The lowest BCUT2D eigenvalue weighted by Crippen LogP contribution is -2.31. The topological polar surface area (TPSA) is 66.4 Å². The average molecular weight is 814 g/mol. The first kappa shape index (κ1) is 56.6. The summed E-state index contributed by atoms with van der Waals surface area (Å²) >= 11 is 0. The van der Waals surface area contributed by atoms with Gasteiger partial charge >= 0.3 is 0 Å². The van der Waals surface area contributed by atoms with Crippen molar-refractivity contribution >= 4 is 11.7 Å². The highest BCUT2D eigenvalue weighted by Crippen LogP contribution is 2.17. The Hall–Kier alpha value is -1.42. The molecule has 0 unspecified atom stereocenters. The first-order chi connectivity index (χ1) is 28.6. The van der Waals surface area contributed by atoms with Crippen LogP contribution in [0.5, 0.6) is 0 Å². The minimum atomic E-state index is -0.401. The van der Waals surface area contributed by atoms with Crippen LogP contribution in [0.3, 0.4) is 0 Å². The van der Waals surface area contributed by atoms with E-state index in [2.05, 4.69) is 43.5 Å². The zero-order chi connectivity index (χ0) is 42.1. The third kappa shape index (κ3) is 48.9. The summed E-state index contributed by atoms with van der Waals surface area (Å²) in [4.78, 5) is 24.4. The van der Waals surface area contributed by atoms with Crippen molar-refractivity contribution in [3.05, 3.63) is 24.3 Å². The Balaban J connectivity index is 3.32. The van der Waals surface area contributed by atoms with E-state index in [0.717, 1.165) is 57.8 Å². The Morgan fingerprint density at radius 1 is 0.397 bits per heavy atom. The second kappa shape index (κ2) is 49.9. The molecule has 0 aliphatic carbocycles. The van der Waals surface area contributed by atoms with Crippen LogP contribution in [0.1, 0.15) is 296 Å². The first-order valence-corrected chi connectivity index (χ1v) is 26.4. The van der Waals surface area contributed by atoms with Gasteiger partial charge in [0.25, 0.3) is 0 Å². The number of ketones is 1. The normalized spacial score (nSPS) is 12.3. The van der Waals surface area contributed by atoms with E-state index in [4.69, 9.17) is 0 Å². The summed E-state index contributed by atoms with van der Waals surface area (Å²) in [6, 6.07) is 0. The van der Waals surface area contributed by atoms with Crippen molar-refractivity contribution in [1.82, 2.24) is 5.32 Å². The zero-order valence-corrected chi connectivity index (χ0v) is 39.5. The monoisotopic (exact) mass is 814 g/mol. The van der Waals surface area contributed by atoms with Gasteiger partial charge in [-0.1, -0.05) is 244 Å². The van der Waals surface area contributed by atoms with Crippen molar-refractivity contribution in [2.24, 2.45) is 0 Å². The van der Waals surface area contributed by atoms with Crippen LogP contribution in [-0.2, 0) is 9.59 Å². The smallest absolute Gasteiger partial charge is 0.220 e. The van der Waals surface area contributed by atoms with Crippen molar-refractivity contribution in [3.63, 3.8) is 0 Å². The number of rotatable bonds is 49. The molecule has 4 nitrogen and oxygen atoms in total. The van der Waals surface area contributed by atoms with Gasteiger partial charge in [0, 0.05) is 25.8 Å². The molecule has 342 valence electrons. The standard InChI is InChI=1S/C54H103NO3/c1-3-5-7-9-11-13-15-17-19-21-24-29-33-37-41-45-49-53(57)51-55-54(58)50-46-42-38-34-30-26-22-25-28-32-36-40-44-48-52(56)47-43-39-35-31-27-23-20-18-16-14-12-10-8-6-4-2/h12,14,18,20,53,57H,3-11,13,15-17,19,21-51H2,1-2H3,(H,55,58)/b14-12-,20-18-/t53-/m0/s1. The van der Waals surface area contributed by atoms with E-state index in [0.29, 0.717) is 18.7 Å². The summed E-state index contributed by atoms with van der Waals surface area (Å²) in [6.45, 7) is 4.95. The Morgan fingerprint density at radius 3 is 1.12 bits per heavy atom. The van der Waals surface area contributed by atoms with Gasteiger partial charge in [0.05, 0.1) is 6.10 Å². The molecule has 0 rings (SSSR count). The summed E-state index contributed by atoms with van der Waals surface area (Å²) in [7, 11) is 0. The number of Topliss-reactive ketones (excluding diaryl/α,β-unsaturated/α-hetero) is 1. The van der Waals surface area contributed by atoms with Gasteiger partial charge in [0.2, 0.25) is 5.91 Å². The molecule has 0 aliphatic rings. The fourth-order valence-electron chi connectivity index (χ4n) is 8.16. The fourth-order valence-corrected chi connectivity index (χ4v) is 8.16. The number of unbranched alkanes of at least 4 members (excludes halogenated alkanes) is 35. The van der Waals surface area contributed by atoms with E-state index in [1.807, 2.05) is 0 Å². The van der Waals surface area contributed by atoms with E-state index in [1.165, 1.54) is 218 Å². The van der Waals surface area contributed by atoms with Crippen molar-refractivity contribution in [2.75, 3.05) is 6.54 Å². The second-order valence-corrected chi connectivity index (χ2v) is 18.2. The molecular formula is C54H103NO3. The molecule has 0 saturated heterocycles. The summed E-state index contributed by atoms with van der Waals surface area (Å²) in [6.07, 6.45) is 63.4. The fraction of sp³-hybridized carbons (Fsp3) is 0.889. The number of amides is 1. The SMILES string of the molecule is CCCCC/C=C\C/C=C\CCCCCCCC(=O)CCCCCCCCCCCCCCCC(=O)NC[C@@H](O)CCCCCCCCCCCCCCCCCC. The number of aliphatic hydroxyl groups excluding tert-OH is 1. The maximum Gasteiger partial charge on any atom is 0.220 e. The molecule has 0 bridgehead atoms. The summed E-state index contributed by atoms with van der Waals surface area (Å²) in [5.41, 5.74) is 0. The molecule has 0 aromatic carbocycles. The number of nitrogens with one attached hydrogen (secondary N) is 1. The molecule has 1 amide bonds. The Bertz CT molecular complexity index is 882. The lowest BCUT2D eigenvalue weighted by atomic mass is 10.0. The maximum atomic E-state index is 12.2. The first-order valence-electron chi connectivity index (χ1n) is 26.4. The third-order valence-corrected chi connectivity index (χ3v) is 12.2. The van der Waals surface area contributed by atoms with Gasteiger partial charge in [-0.15, -0.1) is 0 Å². The minimum absolute atomic E-state index is 0.102. The van der Waals surface area contributed by atoms with Gasteiger partial charge in [-0.3, -0.25) is 9.59 Å². The van der Waals surface area contributed by atoms with E-state index in [-0.39, 0.29) is 5.91 Å². The van der Waals surface area contributed by atoms with Crippen LogP contribution in [0.4, 0.5) is 0 Å². The number of aliphatic hydroxyl groups is 1. The van der Waals surface area contributed by atoms with Crippen molar-refractivity contribution in [1.29, 1.82) is 0 Å². The van der Waals surface area contributed by atoms with Crippen LogP contribution in [0.15, 0.2) is 24.3 Å². The predicted octanol–water partition coefficient (Wildman–Crippen LogP) is 17.3. The minimum Gasteiger partial charge on any atom is -0.391 e. The number of hydrogen-bond acceptors (Lipinski definition) is 3. The van der Waals surface area contributed by atoms with Crippen LogP contribution in [0, 0.1) is 0 Å². The van der Waals surface area contributed by atoms with Crippen LogP contribution in [0.25, 0.3) is 0 Å². The van der Waals surface area contributed by atoms with Crippen LogP contribution in [0.2, 0.25) is 0 Å². The molecule has 0 radical (unpaired) electrons. The Labute approximate surface area is 363 Å². The van der Waals surface area contributed by atoms with Crippen molar-refractivity contribution in [3.8, 4) is 0 Å².